The zero-order valence-electron chi connectivity index (χ0n) is 11.4. The van der Waals surface area contributed by atoms with E-state index in [1.54, 1.807) is 0 Å². The summed E-state index contributed by atoms with van der Waals surface area (Å²) in [4.78, 5) is 6.63. The average molecular weight is 256 g/mol. The van der Waals surface area contributed by atoms with Crippen LogP contribution in [0.25, 0.3) is 10.9 Å². The van der Waals surface area contributed by atoms with Crippen LogP contribution in [-0.4, -0.2) is 29.3 Å². The van der Waals surface area contributed by atoms with E-state index in [-0.39, 0.29) is 11.8 Å². The Labute approximate surface area is 113 Å². The molecule has 0 amide bonds. The van der Waals surface area contributed by atoms with Crippen LogP contribution < -0.4 is 5.73 Å². The highest BCUT2D eigenvalue weighted by Gasteiger charge is 2.10. The van der Waals surface area contributed by atoms with Gasteiger partial charge in [0.1, 0.15) is 0 Å². The van der Waals surface area contributed by atoms with Crippen LogP contribution >= 0.6 is 0 Å². The number of pyridine rings is 1. The minimum Gasteiger partial charge on any atom is -0.387 e. The molecule has 0 aliphatic carbocycles. The third-order valence-electron chi connectivity index (χ3n) is 3.27. The van der Waals surface area contributed by atoms with Crippen LogP contribution in [0.1, 0.15) is 12.5 Å². The molecule has 1 aromatic heterocycles. The van der Waals surface area contributed by atoms with E-state index in [0.29, 0.717) is 0 Å². The van der Waals surface area contributed by atoms with Crippen molar-refractivity contribution in [2.45, 2.75) is 13.5 Å². The van der Waals surface area contributed by atoms with Crippen LogP contribution in [-0.2, 0) is 6.54 Å². The first-order chi connectivity index (χ1) is 9.08. The van der Waals surface area contributed by atoms with Gasteiger partial charge in [0.15, 0.2) is 0 Å². The van der Waals surface area contributed by atoms with Gasteiger partial charge in [-0.2, -0.15) is 0 Å². The maximum absolute atomic E-state index is 7.44. The second kappa shape index (κ2) is 5.80. The Balaban J connectivity index is 2.15. The van der Waals surface area contributed by atoms with Crippen molar-refractivity contribution in [2.75, 3.05) is 13.6 Å². The molecule has 0 saturated carbocycles. The van der Waals surface area contributed by atoms with Crippen LogP contribution in [0.3, 0.4) is 0 Å². The molecule has 0 fully saturated rings. The van der Waals surface area contributed by atoms with E-state index < -0.39 is 0 Å². The summed E-state index contributed by atoms with van der Waals surface area (Å²) in [5, 5.41) is 8.60. The highest BCUT2D eigenvalue weighted by Crippen LogP contribution is 2.17. The van der Waals surface area contributed by atoms with E-state index in [1.807, 2.05) is 26.2 Å². The van der Waals surface area contributed by atoms with E-state index in [2.05, 4.69) is 34.1 Å². The molecule has 0 aliphatic heterocycles. The molecule has 3 N–H and O–H groups in total. The summed E-state index contributed by atoms with van der Waals surface area (Å²) >= 11 is 0. The summed E-state index contributed by atoms with van der Waals surface area (Å²) in [6.45, 7) is 3.56. The number of aromatic nitrogens is 1. The van der Waals surface area contributed by atoms with Crippen molar-refractivity contribution in [3.05, 3.63) is 42.1 Å². The summed E-state index contributed by atoms with van der Waals surface area (Å²) < 4.78 is 0. The summed E-state index contributed by atoms with van der Waals surface area (Å²) in [6, 6.07) is 10.3. The molecule has 4 nitrogen and oxygen atoms in total. The van der Waals surface area contributed by atoms with Crippen molar-refractivity contribution in [1.82, 2.24) is 9.88 Å². The summed E-state index contributed by atoms with van der Waals surface area (Å²) in [7, 11) is 2.04. The number of hydrogen-bond acceptors (Lipinski definition) is 3. The Morgan fingerprint density at radius 3 is 2.84 bits per heavy atom. The second-order valence-electron chi connectivity index (χ2n) is 5.05. The van der Waals surface area contributed by atoms with Crippen molar-refractivity contribution in [2.24, 2.45) is 11.7 Å². The number of hydrogen-bond donors (Lipinski definition) is 2. The highest BCUT2D eigenvalue weighted by molar-refractivity contribution is 5.81. The highest BCUT2D eigenvalue weighted by atomic mass is 15.1. The van der Waals surface area contributed by atoms with Crippen LogP contribution in [0.2, 0.25) is 0 Å². The van der Waals surface area contributed by atoms with Crippen molar-refractivity contribution in [3.63, 3.8) is 0 Å². The topological polar surface area (TPSA) is 66.0 Å². The molecule has 0 bridgehead atoms. The molecule has 2 rings (SSSR count). The fraction of sp³-hybridized carbons (Fsp3) is 0.333. The van der Waals surface area contributed by atoms with Gasteiger partial charge in [0.05, 0.1) is 11.4 Å². The second-order valence-corrected chi connectivity index (χ2v) is 5.05. The minimum absolute atomic E-state index is 0.0768. The first-order valence-electron chi connectivity index (χ1n) is 6.43. The van der Waals surface area contributed by atoms with Crippen LogP contribution in [0, 0.1) is 11.3 Å². The van der Waals surface area contributed by atoms with E-state index in [0.717, 1.165) is 24.0 Å². The Morgan fingerprint density at radius 2 is 2.11 bits per heavy atom. The summed E-state index contributed by atoms with van der Waals surface area (Å²) in [6.07, 6.45) is 1.82. The Kier molecular flexibility index (Phi) is 4.12. The van der Waals surface area contributed by atoms with E-state index in [4.69, 9.17) is 11.1 Å². The molecule has 100 valence electrons. The lowest BCUT2D eigenvalue weighted by Crippen LogP contribution is -2.31. The van der Waals surface area contributed by atoms with Crippen molar-refractivity contribution in [1.29, 1.82) is 5.41 Å². The summed E-state index contributed by atoms with van der Waals surface area (Å²) in [5.41, 5.74) is 7.77. The predicted molar refractivity (Wildman–Crippen MR) is 79.2 cm³/mol. The zero-order valence-corrected chi connectivity index (χ0v) is 11.4. The number of nitrogens with two attached hydrogens (primary N) is 1. The summed E-state index contributed by atoms with van der Waals surface area (Å²) in [5.74, 6) is 0.316. The SMILES string of the molecule is CC(CN(C)Cc1cccc2cccnc12)C(=N)N. The Morgan fingerprint density at radius 1 is 1.37 bits per heavy atom. The molecule has 0 radical (unpaired) electrons. The fourth-order valence-corrected chi connectivity index (χ4v) is 2.22. The first kappa shape index (κ1) is 13.5. The molecule has 4 heteroatoms. The molecule has 0 spiro atoms. The average Bonchev–Trinajstić information content (AvgIpc) is 2.39. The lowest BCUT2D eigenvalue weighted by molar-refractivity contribution is 0.307. The van der Waals surface area contributed by atoms with Crippen LogP contribution in [0.4, 0.5) is 0 Å². The lowest BCUT2D eigenvalue weighted by Gasteiger charge is -2.21. The van der Waals surface area contributed by atoms with Gasteiger partial charge in [-0.3, -0.25) is 10.4 Å². The van der Waals surface area contributed by atoms with Crippen molar-refractivity contribution in [3.8, 4) is 0 Å². The molecule has 19 heavy (non-hydrogen) atoms. The molecule has 1 aromatic carbocycles. The number of para-hydroxylation sites is 1. The molecule has 1 unspecified atom stereocenters. The number of benzene rings is 1. The van der Waals surface area contributed by atoms with Gasteiger partial charge in [0, 0.05) is 30.6 Å². The monoisotopic (exact) mass is 256 g/mol. The van der Waals surface area contributed by atoms with Gasteiger partial charge in [0.25, 0.3) is 0 Å². The van der Waals surface area contributed by atoms with Gasteiger partial charge in [0.2, 0.25) is 0 Å². The minimum atomic E-state index is 0.0768. The number of rotatable bonds is 5. The number of nitrogens with one attached hydrogen (secondary N) is 1. The molecular formula is C15H20N4. The number of amidine groups is 1. The maximum Gasteiger partial charge on any atom is 0.0947 e. The van der Waals surface area contributed by atoms with Crippen LogP contribution in [0.5, 0.6) is 0 Å². The largest absolute Gasteiger partial charge is 0.387 e. The van der Waals surface area contributed by atoms with Gasteiger partial charge in [-0.25, -0.2) is 0 Å². The van der Waals surface area contributed by atoms with Crippen LogP contribution in [0.15, 0.2) is 36.5 Å². The smallest absolute Gasteiger partial charge is 0.0947 e. The van der Waals surface area contributed by atoms with E-state index >= 15 is 0 Å². The quantitative estimate of drug-likeness (QED) is 0.637. The molecular weight excluding hydrogens is 236 g/mol. The lowest BCUT2D eigenvalue weighted by atomic mass is 10.1. The number of fused-ring (bicyclic) bond motifs is 1. The fourth-order valence-electron chi connectivity index (χ4n) is 2.22. The van der Waals surface area contributed by atoms with Crippen molar-refractivity contribution < 1.29 is 0 Å². The molecule has 2 aromatic rings. The van der Waals surface area contributed by atoms with Crippen molar-refractivity contribution >= 4 is 16.7 Å². The standard InChI is InChI=1S/C15H20N4/c1-11(15(16)17)9-19(2)10-13-6-3-5-12-7-4-8-18-14(12)13/h3-8,11H,9-10H2,1-2H3,(H3,16,17). The van der Waals surface area contributed by atoms with E-state index in [9.17, 15) is 0 Å². The van der Waals surface area contributed by atoms with Gasteiger partial charge in [-0.05, 0) is 18.7 Å². The first-order valence-corrected chi connectivity index (χ1v) is 6.43. The third-order valence-corrected chi connectivity index (χ3v) is 3.27. The van der Waals surface area contributed by atoms with Gasteiger partial charge in [-0.1, -0.05) is 31.2 Å². The zero-order chi connectivity index (χ0) is 13.8. The molecule has 1 heterocycles. The Hall–Kier alpha value is -1.94. The third kappa shape index (κ3) is 3.29. The van der Waals surface area contributed by atoms with Gasteiger partial charge in [-0.15, -0.1) is 0 Å². The Bertz CT molecular complexity index is 574. The van der Waals surface area contributed by atoms with Gasteiger partial charge >= 0.3 is 0 Å². The predicted octanol–water partition coefficient (Wildman–Crippen LogP) is 2.24. The number of nitrogens with zero attached hydrogens (tertiary/aromatic N) is 2. The van der Waals surface area contributed by atoms with E-state index in [1.165, 1.54) is 5.56 Å². The molecule has 0 saturated heterocycles. The normalized spacial score (nSPS) is 12.8. The molecule has 0 aliphatic rings. The van der Waals surface area contributed by atoms with Gasteiger partial charge < -0.3 is 10.6 Å². The molecule has 1 atom stereocenters. The maximum atomic E-state index is 7.44.